The van der Waals surface area contributed by atoms with Crippen LogP contribution in [0.5, 0.6) is 0 Å². The molecule has 1 aromatic carbocycles. The van der Waals surface area contributed by atoms with Crippen LogP contribution in [0.3, 0.4) is 0 Å². The van der Waals surface area contributed by atoms with Crippen LogP contribution in [-0.4, -0.2) is 45.6 Å². The molecule has 0 aromatic heterocycles. The summed E-state index contributed by atoms with van der Waals surface area (Å²) in [4.78, 5) is 36.9. The van der Waals surface area contributed by atoms with Crippen molar-refractivity contribution in [2.24, 2.45) is 0 Å². The highest BCUT2D eigenvalue weighted by Crippen LogP contribution is 2.36. The van der Waals surface area contributed by atoms with Crippen LogP contribution in [0.15, 0.2) is 29.2 Å². The first-order valence-corrected chi connectivity index (χ1v) is 8.58. The molecule has 128 valence electrons. The van der Waals surface area contributed by atoms with Crippen LogP contribution in [-0.2, 0) is 9.59 Å². The van der Waals surface area contributed by atoms with Crippen LogP contribution in [0.25, 0.3) is 5.57 Å². The van der Waals surface area contributed by atoms with Gasteiger partial charge >= 0.3 is 0 Å². The second-order valence-corrected chi connectivity index (χ2v) is 6.30. The van der Waals surface area contributed by atoms with Gasteiger partial charge in [0, 0.05) is 24.4 Å². The van der Waals surface area contributed by atoms with Crippen molar-refractivity contribution >= 4 is 34.8 Å². The molecule has 0 saturated carbocycles. The van der Waals surface area contributed by atoms with Crippen molar-refractivity contribution in [3.05, 3.63) is 44.8 Å². The Labute approximate surface area is 143 Å². The second kappa shape index (κ2) is 8.07. The molecule has 0 spiro atoms. The van der Waals surface area contributed by atoms with Crippen molar-refractivity contribution in [1.29, 1.82) is 0 Å². The molecule has 0 aliphatic carbocycles. The Hall–Kier alpha value is -2.19. The standard InChI is InChI=1S/C16H18N2O5S/c1-2-3-8-17-15(20)13(14(16(17)21)24-10-9-19)11-4-6-12(7-5-11)18(22)23/h4-7,19H,2-3,8-10H2,1H3. The number of nitro groups is 1. The van der Waals surface area contributed by atoms with E-state index in [1.807, 2.05) is 6.92 Å². The number of hydrogen-bond acceptors (Lipinski definition) is 6. The van der Waals surface area contributed by atoms with Crippen molar-refractivity contribution in [1.82, 2.24) is 4.90 Å². The van der Waals surface area contributed by atoms with Gasteiger partial charge in [-0.05, 0) is 24.1 Å². The van der Waals surface area contributed by atoms with Gasteiger partial charge in [-0.25, -0.2) is 0 Å². The van der Waals surface area contributed by atoms with E-state index in [4.69, 9.17) is 5.11 Å². The fourth-order valence-corrected chi connectivity index (χ4v) is 3.24. The molecule has 0 saturated heterocycles. The Morgan fingerprint density at radius 3 is 2.42 bits per heavy atom. The smallest absolute Gasteiger partial charge is 0.269 e. The molecule has 0 radical (unpaired) electrons. The first kappa shape index (κ1) is 18.2. The van der Waals surface area contributed by atoms with Crippen LogP contribution in [0, 0.1) is 10.1 Å². The van der Waals surface area contributed by atoms with Crippen molar-refractivity contribution in [3.63, 3.8) is 0 Å². The normalized spacial score (nSPS) is 14.7. The van der Waals surface area contributed by atoms with Crippen LogP contribution in [0.4, 0.5) is 5.69 Å². The van der Waals surface area contributed by atoms with Gasteiger partial charge in [0.05, 0.1) is 22.0 Å². The SMILES string of the molecule is CCCCN1C(=O)C(SCCO)=C(c2ccc([N+](=O)[O-])cc2)C1=O. The van der Waals surface area contributed by atoms with Crippen LogP contribution >= 0.6 is 11.8 Å². The molecule has 7 nitrogen and oxygen atoms in total. The summed E-state index contributed by atoms with van der Waals surface area (Å²) in [5, 5.41) is 19.8. The predicted molar refractivity (Wildman–Crippen MR) is 91.2 cm³/mol. The highest BCUT2D eigenvalue weighted by molar-refractivity contribution is 8.04. The molecule has 2 amide bonds. The fourth-order valence-electron chi connectivity index (χ4n) is 2.36. The molecule has 2 rings (SSSR count). The summed E-state index contributed by atoms with van der Waals surface area (Å²) >= 11 is 1.13. The number of rotatable bonds is 8. The van der Waals surface area contributed by atoms with Crippen molar-refractivity contribution in [2.75, 3.05) is 18.9 Å². The van der Waals surface area contributed by atoms with E-state index in [0.717, 1.165) is 18.2 Å². The fraction of sp³-hybridized carbons (Fsp3) is 0.375. The lowest BCUT2D eigenvalue weighted by atomic mass is 10.1. The summed E-state index contributed by atoms with van der Waals surface area (Å²) < 4.78 is 0. The highest BCUT2D eigenvalue weighted by Gasteiger charge is 2.38. The van der Waals surface area contributed by atoms with E-state index in [0.29, 0.717) is 29.2 Å². The zero-order chi connectivity index (χ0) is 17.7. The average Bonchev–Trinajstić information content (AvgIpc) is 2.81. The maximum absolute atomic E-state index is 12.7. The molecule has 1 heterocycles. The van der Waals surface area contributed by atoms with Gasteiger partial charge in [-0.1, -0.05) is 13.3 Å². The second-order valence-electron chi connectivity index (χ2n) is 5.20. The number of imide groups is 1. The number of thioether (sulfide) groups is 1. The topological polar surface area (TPSA) is 101 Å². The quantitative estimate of drug-likeness (QED) is 0.438. The minimum Gasteiger partial charge on any atom is -0.396 e. The van der Waals surface area contributed by atoms with Gasteiger partial charge in [0.2, 0.25) is 0 Å². The van der Waals surface area contributed by atoms with Crippen LogP contribution in [0.2, 0.25) is 0 Å². The number of hydrogen-bond donors (Lipinski definition) is 1. The van der Waals surface area contributed by atoms with Gasteiger partial charge < -0.3 is 5.11 Å². The number of unbranched alkanes of at least 4 members (excludes halogenated alkanes) is 1. The Bertz CT molecular complexity index is 684. The molecule has 0 atom stereocenters. The molecular formula is C16H18N2O5S. The van der Waals surface area contributed by atoms with E-state index in [-0.39, 0.29) is 29.7 Å². The maximum atomic E-state index is 12.7. The summed E-state index contributed by atoms with van der Waals surface area (Å²) in [6, 6.07) is 5.56. The van der Waals surface area contributed by atoms with E-state index in [1.54, 1.807) is 0 Å². The maximum Gasteiger partial charge on any atom is 0.269 e. The van der Waals surface area contributed by atoms with Gasteiger partial charge in [-0.3, -0.25) is 24.6 Å². The zero-order valence-electron chi connectivity index (χ0n) is 13.2. The number of non-ortho nitro benzene ring substituents is 1. The Morgan fingerprint density at radius 1 is 1.21 bits per heavy atom. The largest absolute Gasteiger partial charge is 0.396 e. The molecule has 0 fully saturated rings. The Kier molecular flexibility index (Phi) is 6.10. The minimum atomic E-state index is -0.519. The number of carbonyl (C=O) groups is 2. The average molecular weight is 350 g/mol. The summed E-state index contributed by atoms with van der Waals surface area (Å²) in [6.45, 7) is 2.20. The van der Waals surface area contributed by atoms with Crippen LogP contribution in [0.1, 0.15) is 25.3 Å². The lowest BCUT2D eigenvalue weighted by Gasteiger charge is -2.14. The number of carbonyl (C=O) groups excluding carboxylic acids is 2. The summed E-state index contributed by atoms with van der Waals surface area (Å²) in [5.41, 5.74) is 0.645. The van der Waals surface area contributed by atoms with Gasteiger partial charge in [-0.15, -0.1) is 11.8 Å². The Balaban J connectivity index is 2.39. The van der Waals surface area contributed by atoms with Crippen LogP contribution < -0.4 is 0 Å². The minimum absolute atomic E-state index is 0.0801. The van der Waals surface area contributed by atoms with E-state index >= 15 is 0 Å². The summed E-state index contributed by atoms with van der Waals surface area (Å²) in [7, 11) is 0. The van der Waals surface area contributed by atoms with E-state index in [9.17, 15) is 19.7 Å². The zero-order valence-corrected chi connectivity index (χ0v) is 14.0. The predicted octanol–water partition coefficient (Wildman–Crippen LogP) is 2.20. The van der Waals surface area contributed by atoms with Crippen molar-refractivity contribution in [3.8, 4) is 0 Å². The van der Waals surface area contributed by atoms with Gasteiger partial charge in [-0.2, -0.15) is 0 Å². The van der Waals surface area contributed by atoms with E-state index in [1.165, 1.54) is 29.2 Å². The number of nitro benzene ring substituents is 1. The highest BCUT2D eigenvalue weighted by atomic mass is 32.2. The first-order valence-electron chi connectivity index (χ1n) is 7.60. The molecule has 1 aliphatic rings. The molecule has 1 N–H and O–H groups in total. The molecular weight excluding hydrogens is 332 g/mol. The van der Waals surface area contributed by atoms with Crippen molar-refractivity contribution < 1.29 is 19.6 Å². The van der Waals surface area contributed by atoms with Crippen molar-refractivity contribution in [2.45, 2.75) is 19.8 Å². The van der Waals surface area contributed by atoms with Gasteiger partial charge in [0.25, 0.3) is 17.5 Å². The summed E-state index contributed by atoms with van der Waals surface area (Å²) in [6.07, 6.45) is 1.56. The number of amides is 2. The van der Waals surface area contributed by atoms with Gasteiger partial charge in [0.1, 0.15) is 0 Å². The lowest BCUT2D eigenvalue weighted by molar-refractivity contribution is -0.384. The van der Waals surface area contributed by atoms with Gasteiger partial charge in [0.15, 0.2) is 0 Å². The third-order valence-electron chi connectivity index (χ3n) is 3.57. The molecule has 24 heavy (non-hydrogen) atoms. The molecule has 0 unspecified atom stereocenters. The molecule has 1 aliphatic heterocycles. The number of benzene rings is 1. The summed E-state index contributed by atoms with van der Waals surface area (Å²) in [5.74, 6) is -0.449. The lowest BCUT2D eigenvalue weighted by Crippen LogP contribution is -2.32. The Morgan fingerprint density at radius 2 is 1.88 bits per heavy atom. The monoisotopic (exact) mass is 350 g/mol. The molecule has 0 bridgehead atoms. The van der Waals surface area contributed by atoms with E-state index < -0.39 is 4.92 Å². The number of nitrogens with zero attached hydrogens (tertiary/aromatic N) is 2. The molecule has 1 aromatic rings. The number of aliphatic hydroxyl groups is 1. The molecule has 8 heteroatoms. The number of aliphatic hydroxyl groups excluding tert-OH is 1. The third-order valence-corrected chi connectivity index (χ3v) is 4.62. The first-order chi connectivity index (χ1) is 11.5. The van der Waals surface area contributed by atoms with E-state index in [2.05, 4.69) is 0 Å². The third kappa shape index (κ3) is 3.65.